The highest BCUT2D eigenvalue weighted by atomic mass is 16.6. The van der Waals surface area contributed by atoms with Crippen molar-refractivity contribution in [2.24, 2.45) is 11.8 Å². The van der Waals surface area contributed by atoms with E-state index in [2.05, 4.69) is 30.9 Å². The van der Waals surface area contributed by atoms with E-state index in [4.69, 9.17) is 9.47 Å². The molecular formula is C25H34N2O4. The molecule has 0 bridgehead atoms. The van der Waals surface area contributed by atoms with Crippen molar-refractivity contribution in [3.05, 3.63) is 35.4 Å². The maximum atomic E-state index is 12.6. The number of likely N-dealkylation sites (tertiary alicyclic amines) is 1. The van der Waals surface area contributed by atoms with Crippen molar-refractivity contribution in [1.82, 2.24) is 9.80 Å². The molecule has 1 aliphatic heterocycles. The molecule has 1 saturated carbocycles. The number of carbonyl (C=O) groups is 2. The zero-order valence-electron chi connectivity index (χ0n) is 19.1. The molecule has 1 heterocycles. The van der Waals surface area contributed by atoms with Gasteiger partial charge >= 0.3 is 12.1 Å². The van der Waals surface area contributed by atoms with Crippen molar-refractivity contribution in [3.8, 4) is 11.8 Å². The maximum Gasteiger partial charge on any atom is 0.412 e. The highest BCUT2D eigenvalue weighted by Crippen LogP contribution is 2.43. The molecule has 6 nitrogen and oxygen atoms in total. The number of esters is 1. The molecular weight excluding hydrogens is 392 g/mol. The number of carbonyl (C=O) groups excluding carboxylic acids is 2. The van der Waals surface area contributed by atoms with Gasteiger partial charge in [-0.2, -0.15) is 0 Å². The van der Waals surface area contributed by atoms with Crippen molar-refractivity contribution in [1.29, 1.82) is 0 Å². The fourth-order valence-corrected chi connectivity index (χ4v) is 4.76. The second-order valence-corrected chi connectivity index (χ2v) is 8.87. The Kier molecular flexibility index (Phi) is 7.97. The lowest BCUT2D eigenvalue weighted by molar-refractivity contribution is -0.156. The summed E-state index contributed by atoms with van der Waals surface area (Å²) in [7, 11) is 5.33. The molecule has 1 amide bonds. The van der Waals surface area contributed by atoms with E-state index in [1.165, 1.54) is 12.7 Å². The summed E-state index contributed by atoms with van der Waals surface area (Å²) in [6.45, 7) is 2.88. The smallest absolute Gasteiger partial charge is 0.412 e. The van der Waals surface area contributed by atoms with E-state index in [0.29, 0.717) is 12.8 Å². The van der Waals surface area contributed by atoms with Gasteiger partial charge in [-0.05, 0) is 70.4 Å². The highest BCUT2D eigenvalue weighted by Gasteiger charge is 2.50. The first-order chi connectivity index (χ1) is 14.9. The first-order valence-electron chi connectivity index (χ1n) is 11.2. The first-order valence-corrected chi connectivity index (χ1v) is 11.2. The second-order valence-electron chi connectivity index (χ2n) is 8.87. The summed E-state index contributed by atoms with van der Waals surface area (Å²) in [6, 6.07) is 8.18. The molecule has 2 fully saturated rings. The van der Waals surface area contributed by atoms with Gasteiger partial charge in [0.25, 0.3) is 0 Å². The van der Waals surface area contributed by atoms with Gasteiger partial charge < -0.3 is 14.4 Å². The average Bonchev–Trinajstić information content (AvgIpc) is 3.09. The number of ether oxygens (including phenoxy) is 2. The van der Waals surface area contributed by atoms with E-state index in [1.807, 2.05) is 31.1 Å². The van der Waals surface area contributed by atoms with Crippen molar-refractivity contribution in [2.45, 2.75) is 57.7 Å². The molecule has 0 radical (unpaired) electrons. The largest absolute Gasteiger partial charge is 0.453 e. The van der Waals surface area contributed by atoms with Gasteiger partial charge in [-0.25, -0.2) is 4.79 Å². The van der Waals surface area contributed by atoms with Gasteiger partial charge in [0.1, 0.15) is 0 Å². The molecule has 2 aliphatic rings. The van der Waals surface area contributed by atoms with Gasteiger partial charge in [-0.3, -0.25) is 9.69 Å². The molecule has 1 unspecified atom stereocenters. The number of aryl methyl sites for hydroxylation is 1. The van der Waals surface area contributed by atoms with Gasteiger partial charge in [0.2, 0.25) is 0 Å². The summed E-state index contributed by atoms with van der Waals surface area (Å²) >= 11 is 0. The number of hydrogen-bond donors (Lipinski definition) is 0. The lowest BCUT2D eigenvalue weighted by Gasteiger charge is -2.34. The van der Waals surface area contributed by atoms with Crippen molar-refractivity contribution in [2.75, 3.05) is 27.7 Å². The molecule has 31 heavy (non-hydrogen) atoms. The van der Waals surface area contributed by atoms with Crippen LogP contribution in [0, 0.1) is 30.6 Å². The van der Waals surface area contributed by atoms with Crippen molar-refractivity contribution in [3.63, 3.8) is 0 Å². The summed E-state index contributed by atoms with van der Waals surface area (Å²) in [5.74, 6) is 6.88. The molecule has 6 heteroatoms. The van der Waals surface area contributed by atoms with Gasteiger partial charge in [-0.1, -0.05) is 30.4 Å². The van der Waals surface area contributed by atoms with Gasteiger partial charge in [0.15, 0.2) is 6.23 Å². The predicted octanol–water partition coefficient (Wildman–Crippen LogP) is 3.81. The number of nitrogens with zero attached hydrogens (tertiary/aromatic N) is 2. The van der Waals surface area contributed by atoms with Crippen LogP contribution in [-0.4, -0.2) is 61.9 Å². The maximum absolute atomic E-state index is 12.6. The zero-order chi connectivity index (χ0) is 22.4. The normalized spacial score (nSPS) is 24.9. The van der Waals surface area contributed by atoms with Crippen molar-refractivity contribution < 1.29 is 19.1 Å². The van der Waals surface area contributed by atoms with Crippen LogP contribution in [0.2, 0.25) is 0 Å². The minimum Gasteiger partial charge on any atom is -0.453 e. The Morgan fingerprint density at radius 1 is 1.26 bits per heavy atom. The Labute approximate surface area is 185 Å². The van der Waals surface area contributed by atoms with Crippen LogP contribution in [0.1, 0.15) is 49.7 Å². The Morgan fingerprint density at radius 3 is 2.77 bits per heavy atom. The minimum absolute atomic E-state index is 0.00224. The standard InChI is InChI=1S/C25H34N2O4/c1-18-8-5-9-19(16-18)13-14-20-10-6-11-22-21(20)17-23(27(22)25(29)30-4)31-24(28)12-7-15-26(2)3/h5,8-9,16,20-23H,6-7,10-12,15,17H2,1-4H3/t20-,21-,22-,23?/m1/s1. The minimum atomic E-state index is -0.573. The topological polar surface area (TPSA) is 59.1 Å². The Balaban J connectivity index is 1.72. The highest BCUT2D eigenvalue weighted by molar-refractivity contribution is 5.72. The molecule has 0 N–H and O–H groups in total. The van der Waals surface area contributed by atoms with Crippen LogP contribution in [0.25, 0.3) is 0 Å². The Bertz CT molecular complexity index is 841. The van der Waals surface area contributed by atoms with Gasteiger partial charge in [-0.15, -0.1) is 0 Å². The number of amides is 1. The molecule has 0 spiro atoms. The fraction of sp³-hybridized carbons (Fsp3) is 0.600. The van der Waals surface area contributed by atoms with E-state index in [1.54, 1.807) is 4.90 Å². The van der Waals surface area contributed by atoms with E-state index in [9.17, 15) is 9.59 Å². The van der Waals surface area contributed by atoms with Crippen LogP contribution in [-0.2, 0) is 14.3 Å². The third kappa shape index (κ3) is 6.01. The van der Waals surface area contributed by atoms with E-state index < -0.39 is 12.3 Å². The number of methoxy groups -OCH3 is 1. The van der Waals surface area contributed by atoms with E-state index in [0.717, 1.165) is 37.8 Å². The quantitative estimate of drug-likeness (QED) is 0.529. The number of hydrogen-bond acceptors (Lipinski definition) is 5. The van der Waals surface area contributed by atoms with Crippen LogP contribution in [0.15, 0.2) is 24.3 Å². The van der Waals surface area contributed by atoms with Crippen LogP contribution >= 0.6 is 0 Å². The summed E-state index contributed by atoms with van der Waals surface area (Å²) in [5, 5.41) is 0. The third-order valence-corrected chi connectivity index (χ3v) is 6.23. The molecule has 1 aliphatic carbocycles. The van der Waals surface area contributed by atoms with Crippen LogP contribution in [0.4, 0.5) is 4.79 Å². The Hall–Kier alpha value is -2.52. The Morgan fingerprint density at radius 2 is 2.06 bits per heavy atom. The lowest BCUT2D eigenvalue weighted by Crippen LogP contribution is -2.45. The molecule has 0 aromatic heterocycles. The average molecular weight is 427 g/mol. The summed E-state index contributed by atoms with van der Waals surface area (Å²) in [5.41, 5.74) is 2.20. The number of benzene rings is 1. The third-order valence-electron chi connectivity index (χ3n) is 6.23. The summed E-state index contributed by atoms with van der Waals surface area (Å²) in [6.07, 6.45) is 3.57. The van der Waals surface area contributed by atoms with E-state index in [-0.39, 0.29) is 23.8 Å². The number of rotatable bonds is 5. The van der Waals surface area contributed by atoms with Crippen LogP contribution in [0.5, 0.6) is 0 Å². The van der Waals surface area contributed by atoms with Crippen LogP contribution < -0.4 is 0 Å². The predicted molar refractivity (Wildman–Crippen MR) is 119 cm³/mol. The zero-order valence-corrected chi connectivity index (χ0v) is 19.1. The second kappa shape index (κ2) is 10.7. The molecule has 1 saturated heterocycles. The molecule has 3 rings (SSSR count). The monoisotopic (exact) mass is 426 g/mol. The SMILES string of the molecule is COC(=O)N1C(OC(=O)CCCN(C)C)C[C@H]2[C@H]1CCC[C@@H]2C#Cc1cccc(C)c1. The molecule has 1 aromatic carbocycles. The first kappa shape index (κ1) is 23.1. The number of fused-ring (bicyclic) bond motifs is 1. The van der Waals surface area contributed by atoms with Gasteiger partial charge in [0.05, 0.1) is 7.11 Å². The van der Waals surface area contributed by atoms with Crippen molar-refractivity contribution >= 4 is 12.1 Å². The summed E-state index contributed by atoms with van der Waals surface area (Å²) in [4.78, 5) is 28.7. The fourth-order valence-electron chi connectivity index (χ4n) is 4.76. The lowest BCUT2D eigenvalue weighted by atomic mass is 9.76. The summed E-state index contributed by atoms with van der Waals surface area (Å²) < 4.78 is 10.8. The molecule has 1 aromatic rings. The van der Waals surface area contributed by atoms with Gasteiger partial charge in [0, 0.05) is 30.4 Å². The van der Waals surface area contributed by atoms with E-state index >= 15 is 0 Å². The molecule has 4 atom stereocenters. The molecule has 168 valence electrons. The van der Waals surface area contributed by atoms with Crippen LogP contribution in [0.3, 0.4) is 0 Å².